The van der Waals surface area contributed by atoms with Gasteiger partial charge >= 0.3 is 0 Å². The number of hydrogen-bond donors (Lipinski definition) is 1. The lowest BCUT2D eigenvalue weighted by Gasteiger charge is -2.30. The zero-order valence-corrected chi connectivity index (χ0v) is 9.36. The number of nitrogens with one attached hydrogen (secondary N) is 1. The molecule has 0 aliphatic heterocycles. The third kappa shape index (κ3) is 2.00. The molecule has 0 saturated heterocycles. The highest BCUT2D eigenvalue weighted by atomic mass is 19.1. The molecule has 3 heteroatoms. The van der Waals surface area contributed by atoms with Gasteiger partial charge in [-0.25, -0.2) is 9.37 Å². The highest BCUT2D eigenvalue weighted by Gasteiger charge is 2.24. The van der Waals surface area contributed by atoms with Crippen LogP contribution in [0.1, 0.15) is 17.0 Å². The van der Waals surface area contributed by atoms with Crippen molar-refractivity contribution in [3.8, 4) is 0 Å². The van der Waals surface area contributed by atoms with E-state index in [2.05, 4.69) is 34.6 Å². The molecule has 1 aromatic carbocycles. The lowest BCUT2D eigenvalue weighted by molar-refractivity contribution is 0.619. The second kappa shape index (κ2) is 4.17. The minimum atomic E-state index is -0.301. The smallest absolute Gasteiger partial charge is 0.141 e. The molecule has 1 aliphatic carbocycles. The van der Waals surface area contributed by atoms with Gasteiger partial charge in [-0.05, 0) is 29.7 Å². The van der Waals surface area contributed by atoms with Crippen LogP contribution in [0.5, 0.6) is 0 Å². The lowest BCUT2D eigenvalue weighted by atomic mass is 9.77. The SMILES string of the molecule is Fc1ccc(NCC2Cc3ccccc32)nc1. The number of pyridine rings is 1. The second-order valence-corrected chi connectivity index (χ2v) is 4.34. The van der Waals surface area contributed by atoms with Crippen LogP contribution >= 0.6 is 0 Å². The zero-order chi connectivity index (χ0) is 11.7. The molecule has 0 saturated carbocycles. The van der Waals surface area contributed by atoms with Gasteiger partial charge in [-0.3, -0.25) is 0 Å². The van der Waals surface area contributed by atoms with Gasteiger partial charge in [0.2, 0.25) is 0 Å². The number of anilines is 1. The first kappa shape index (κ1) is 10.3. The molecule has 17 heavy (non-hydrogen) atoms. The van der Waals surface area contributed by atoms with E-state index in [4.69, 9.17) is 0 Å². The van der Waals surface area contributed by atoms with E-state index in [1.807, 2.05) is 0 Å². The first-order chi connectivity index (χ1) is 8.33. The number of hydrogen-bond acceptors (Lipinski definition) is 2. The highest BCUT2D eigenvalue weighted by molar-refractivity contribution is 5.42. The predicted octanol–water partition coefficient (Wildman–Crippen LogP) is 2.97. The Balaban J connectivity index is 1.62. The molecule has 2 aromatic rings. The number of rotatable bonds is 3. The summed E-state index contributed by atoms with van der Waals surface area (Å²) >= 11 is 0. The molecule has 1 aliphatic rings. The number of halogens is 1. The molecular formula is C14H13FN2. The molecule has 2 nitrogen and oxygen atoms in total. The molecule has 86 valence electrons. The summed E-state index contributed by atoms with van der Waals surface area (Å²) in [6.07, 6.45) is 2.35. The number of nitrogens with zero attached hydrogens (tertiary/aromatic N) is 1. The Kier molecular flexibility index (Phi) is 2.52. The number of aromatic nitrogens is 1. The Morgan fingerprint density at radius 3 is 2.88 bits per heavy atom. The predicted molar refractivity (Wildman–Crippen MR) is 65.6 cm³/mol. The quantitative estimate of drug-likeness (QED) is 0.873. The van der Waals surface area contributed by atoms with Crippen LogP contribution in [0.3, 0.4) is 0 Å². The van der Waals surface area contributed by atoms with Gasteiger partial charge in [0.25, 0.3) is 0 Å². The van der Waals surface area contributed by atoms with Crippen molar-refractivity contribution in [1.29, 1.82) is 0 Å². The average molecular weight is 228 g/mol. The van der Waals surface area contributed by atoms with Crippen molar-refractivity contribution in [2.45, 2.75) is 12.3 Å². The third-order valence-electron chi connectivity index (χ3n) is 3.22. The number of fused-ring (bicyclic) bond motifs is 1. The van der Waals surface area contributed by atoms with E-state index in [0.717, 1.165) is 18.8 Å². The van der Waals surface area contributed by atoms with Crippen LogP contribution in [0.25, 0.3) is 0 Å². The summed E-state index contributed by atoms with van der Waals surface area (Å²) < 4.78 is 12.7. The summed E-state index contributed by atoms with van der Waals surface area (Å²) in [6.45, 7) is 0.857. The molecule has 0 amide bonds. The molecule has 1 aromatic heterocycles. The lowest BCUT2D eigenvalue weighted by Crippen LogP contribution is -2.24. The summed E-state index contributed by atoms with van der Waals surface area (Å²) in [5.74, 6) is 0.985. The van der Waals surface area contributed by atoms with Gasteiger partial charge in [0, 0.05) is 12.5 Å². The van der Waals surface area contributed by atoms with E-state index in [-0.39, 0.29) is 5.82 Å². The van der Waals surface area contributed by atoms with Crippen molar-refractivity contribution < 1.29 is 4.39 Å². The van der Waals surface area contributed by atoms with Gasteiger partial charge in [0.05, 0.1) is 6.20 Å². The molecule has 1 unspecified atom stereocenters. The standard InChI is InChI=1S/C14H13FN2/c15-12-5-6-14(17-9-12)16-8-11-7-10-3-1-2-4-13(10)11/h1-6,9,11H,7-8H2,(H,16,17). The topological polar surface area (TPSA) is 24.9 Å². The van der Waals surface area contributed by atoms with Crippen molar-refractivity contribution in [3.05, 3.63) is 59.5 Å². The van der Waals surface area contributed by atoms with Gasteiger partial charge < -0.3 is 5.32 Å². The van der Waals surface area contributed by atoms with Crippen LogP contribution < -0.4 is 5.32 Å². The molecular weight excluding hydrogens is 215 g/mol. The highest BCUT2D eigenvalue weighted by Crippen LogP contribution is 2.34. The summed E-state index contributed by atoms with van der Waals surface area (Å²) in [5.41, 5.74) is 2.86. The molecule has 0 spiro atoms. The third-order valence-corrected chi connectivity index (χ3v) is 3.22. The molecule has 1 atom stereocenters. The second-order valence-electron chi connectivity index (χ2n) is 4.34. The van der Waals surface area contributed by atoms with Crippen molar-refractivity contribution in [1.82, 2.24) is 4.98 Å². The van der Waals surface area contributed by atoms with Crippen molar-refractivity contribution >= 4 is 5.82 Å². The van der Waals surface area contributed by atoms with Crippen LogP contribution in [-0.4, -0.2) is 11.5 Å². The molecule has 3 rings (SSSR count). The van der Waals surface area contributed by atoms with Crippen LogP contribution in [0.4, 0.5) is 10.2 Å². The van der Waals surface area contributed by atoms with Gasteiger partial charge in [0.1, 0.15) is 11.6 Å². The Morgan fingerprint density at radius 2 is 2.12 bits per heavy atom. The largest absolute Gasteiger partial charge is 0.369 e. The van der Waals surface area contributed by atoms with Crippen molar-refractivity contribution in [3.63, 3.8) is 0 Å². The average Bonchev–Trinajstić information content (AvgIpc) is 2.33. The van der Waals surface area contributed by atoms with E-state index in [9.17, 15) is 4.39 Å². The van der Waals surface area contributed by atoms with Crippen molar-refractivity contribution in [2.75, 3.05) is 11.9 Å². The van der Waals surface area contributed by atoms with Gasteiger partial charge in [-0.1, -0.05) is 24.3 Å². The maximum atomic E-state index is 12.7. The van der Waals surface area contributed by atoms with Crippen LogP contribution in [0.2, 0.25) is 0 Å². The van der Waals surface area contributed by atoms with E-state index in [1.54, 1.807) is 6.07 Å². The first-order valence-electron chi connectivity index (χ1n) is 5.76. The monoisotopic (exact) mass is 228 g/mol. The van der Waals surface area contributed by atoms with Crippen LogP contribution in [-0.2, 0) is 6.42 Å². The molecule has 0 bridgehead atoms. The fourth-order valence-corrected chi connectivity index (χ4v) is 2.25. The zero-order valence-electron chi connectivity index (χ0n) is 9.36. The molecule has 0 radical (unpaired) electrons. The first-order valence-corrected chi connectivity index (χ1v) is 5.76. The fourth-order valence-electron chi connectivity index (χ4n) is 2.25. The Labute approximate surface area is 99.5 Å². The molecule has 0 fully saturated rings. The fraction of sp³-hybridized carbons (Fsp3) is 0.214. The Morgan fingerprint density at radius 1 is 1.24 bits per heavy atom. The van der Waals surface area contributed by atoms with E-state index >= 15 is 0 Å². The van der Waals surface area contributed by atoms with E-state index < -0.39 is 0 Å². The summed E-state index contributed by atoms with van der Waals surface area (Å²) in [6, 6.07) is 11.6. The summed E-state index contributed by atoms with van der Waals surface area (Å²) in [7, 11) is 0. The van der Waals surface area contributed by atoms with Crippen molar-refractivity contribution in [2.24, 2.45) is 0 Å². The molecule has 1 N–H and O–H groups in total. The molecule has 1 heterocycles. The van der Waals surface area contributed by atoms with Gasteiger partial charge in [-0.15, -0.1) is 0 Å². The normalized spacial score (nSPS) is 17.1. The van der Waals surface area contributed by atoms with Crippen LogP contribution in [0.15, 0.2) is 42.6 Å². The van der Waals surface area contributed by atoms with E-state index in [1.165, 1.54) is 23.4 Å². The van der Waals surface area contributed by atoms with Gasteiger partial charge in [-0.2, -0.15) is 0 Å². The maximum absolute atomic E-state index is 12.7. The summed E-state index contributed by atoms with van der Waals surface area (Å²) in [5, 5.41) is 3.24. The van der Waals surface area contributed by atoms with Gasteiger partial charge in [0.15, 0.2) is 0 Å². The van der Waals surface area contributed by atoms with Crippen LogP contribution in [0, 0.1) is 5.82 Å². The minimum Gasteiger partial charge on any atom is -0.369 e. The Hall–Kier alpha value is -1.90. The minimum absolute atomic E-state index is 0.301. The Bertz CT molecular complexity index is 522. The summed E-state index contributed by atoms with van der Waals surface area (Å²) in [4.78, 5) is 3.98. The van der Waals surface area contributed by atoms with E-state index in [0.29, 0.717) is 5.92 Å². The number of benzene rings is 1. The maximum Gasteiger partial charge on any atom is 0.141 e.